The van der Waals surface area contributed by atoms with Gasteiger partial charge in [-0.1, -0.05) is 35.3 Å². The van der Waals surface area contributed by atoms with Crippen LogP contribution in [0.4, 0.5) is 0 Å². The first-order valence-electron chi connectivity index (χ1n) is 8.74. The van der Waals surface area contributed by atoms with Gasteiger partial charge in [0.1, 0.15) is 12.4 Å². The maximum atomic E-state index is 12.2. The molecule has 0 aliphatic rings. The van der Waals surface area contributed by atoms with Crippen molar-refractivity contribution in [2.45, 2.75) is 10.6 Å². The molecule has 144 valence electrons. The van der Waals surface area contributed by atoms with Crippen LogP contribution in [0.2, 0.25) is 10.0 Å². The number of halogens is 2. The quantitative estimate of drug-likeness (QED) is 0.346. The lowest BCUT2D eigenvalue weighted by molar-refractivity contribution is 0.0947. The fraction of sp³-hybridized carbons (Fsp3) is 0.136. The van der Waals surface area contributed by atoms with Crippen LogP contribution in [0.5, 0.6) is 5.75 Å². The molecular formula is C22H19Cl2NO2S. The number of amides is 1. The van der Waals surface area contributed by atoms with Gasteiger partial charge in [-0.3, -0.25) is 4.79 Å². The second-order valence-corrected chi connectivity index (χ2v) is 7.92. The van der Waals surface area contributed by atoms with Crippen LogP contribution in [-0.4, -0.2) is 19.1 Å². The summed E-state index contributed by atoms with van der Waals surface area (Å²) in [6.45, 7) is 0.818. The maximum absolute atomic E-state index is 12.2. The topological polar surface area (TPSA) is 38.3 Å². The molecule has 0 bridgehead atoms. The Hall–Kier alpha value is -2.14. The van der Waals surface area contributed by atoms with Crippen molar-refractivity contribution in [3.05, 3.63) is 94.0 Å². The molecule has 0 radical (unpaired) electrons. The number of thioether (sulfide) groups is 1. The van der Waals surface area contributed by atoms with Crippen molar-refractivity contribution in [3.63, 3.8) is 0 Å². The molecule has 1 N–H and O–H groups in total. The summed E-state index contributed by atoms with van der Waals surface area (Å²) in [5.74, 6) is 1.44. The molecule has 6 heteroatoms. The van der Waals surface area contributed by atoms with Gasteiger partial charge in [-0.2, -0.15) is 0 Å². The minimum atomic E-state index is -0.114. The summed E-state index contributed by atoms with van der Waals surface area (Å²) >= 11 is 13.5. The second-order valence-electron chi connectivity index (χ2n) is 6.00. The van der Waals surface area contributed by atoms with Gasteiger partial charge in [0.05, 0.1) is 6.54 Å². The first kappa shape index (κ1) is 20.6. The Morgan fingerprint density at radius 2 is 1.46 bits per heavy atom. The first-order valence-corrected chi connectivity index (χ1v) is 10.5. The summed E-state index contributed by atoms with van der Waals surface area (Å²) in [5, 5.41) is 4.25. The summed E-state index contributed by atoms with van der Waals surface area (Å²) in [7, 11) is 0. The van der Waals surface area contributed by atoms with Gasteiger partial charge >= 0.3 is 0 Å². The second kappa shape index (κ2) is 10.4. The highest BCUT2D eigenvalue weighted by Gasteiger charge is 2.05. The molecule has 3 aromatic rings. The molecule has 0 atom stereocenters. The van der Waals surface area contributed by atoms with E-state index in [0.717, 1.165) is 27.0 Å². The van der Waals surface area contributed by atoms with Crippen molar-refractivity contribution in [1.29, 1.82) is 0 Å². The molecule has 3 rings (SSSR count). The van der Waals surface area contributed by atoms with Gasteiger partial charge in [0.15, 0.2) is 0 Å². The number of hydrogen-bond donors (Lipinski definition) is 1. The van der Waals surface area contributed by atoms with Crippen LogP contribution < -0.4 is 10.1 Å². The van der Waals surface area contributed by atoms with Crippen molar-refractivity contribution >= 4 is 40.9 Å². The zero-order valence-electron chi connectivity index (χ0n) is 15.0. The fourth-order valence-electron chi connectivity index (χ4n) is 2.42. The molecule has 0 aromatic heterocycles. The minimum absolute atomic E-state index is 0.114. The van der Waals surface area contributed by atoms with Gasteiger partial charge in [-0.15, -0.1) is 11.8 Å². The van der Waals surface area contributed by atoms with Gasteiger partial charge in [0.2, 0.25) is 0 Å². The Morgan fingerprint density at radius 3 is 2.11 bits per heavy atom. The highest BCUT2D eigenvalue weighted by molar-refractivity contribution is 7.98. The third kappa shape index (κ3) is 6.48. The van der Waals surface area contributed by atoms with Crippen molar-refractivity contribution < 1.29 is 9.53 Å². The molecule has 3 nitrogen and oxygen atoms in total. The molecule has 1 amide bonds. The van der Waals surface area contributed by atoms with E-state index in [9.17, 15) is 4.79 Å². The number of benzene rings is 3. The largest absolute Gasteiger partial charge is 0.492 e. The van der Waals surface area contributed by atoms with Gasteiger partial charge in [-0.05, 0) is 66.2 Å². The molecule has 0 spiro atoms. The van der Waals surface area contributed by atoms with Crippen LogP contribution >= 0.6 is 35.0 Å². The molecular weight excluding hydrogens is 413 g/mol. The molecule has 0 aliphatic carbocycles. The summed E-state index contributed by atoms with van der Waals surface area (Å²) in [4.78, 5) is 13.4. The zero-order chi connectivity index (χ0) is 19.8. The molecule has 0 fully saturated rings. The van der Waals surface area contributed by atoms with E-state index < -0.39 is 0 Å². The monoisotopic (exact) mass is 431 g/mol. The van der Waals surface area contributed by atoms with Crippen molar-refractivity contribution in [1.82, 2.24) is 5.32 Å². The highest BCUT2D eigenvalue weighted by atomic mass is 35.5. The Balaban J connectivity index is 1.41. The Bertz CT molecular complexity index is 897. The van der Waals surface area contributed by atoms with E-state index in [0.29, 0.717) is 23.7 Å². The molecule has 0 saturated heterocycles. The lowest BCUT2D eigenvalue weighted by Gasteiger charge is -2.08. The predicted molar refractivity (Wildman–Crippen MR) is 117 cm³/mol. The predicted octanol–water partition coefficient (Wildman–Crippen LogP) is 6.09. The summed E-state index contributed by atoms with van der Waals surface area (Å²) in [6.07, 6.45) is 0. The molecule has 3 aromatic carbocycles. The van der Waals surface area contributed by atoms with Crippen LogP contribution in [0.3, 0.4) is 0 Å². The molecule has 0 heterocycles. The normalized spacial score (nSPS) is 10.5. The minimum Gasteiger partial charge on any atom is -0.492 e. The van der Waals surface area contributed by atoms with E-state index in [1.165, 1.54) is 0 Å². The standard InChI is InChI=1S/C22H19Cl2NO2S/c23-18-5-9-20(10-6-18)27-14-13-25-22(26)17-3-1-16(2-4-17)15-28-21-11-7-19(24)8-12-21/h1-12H,13-15H2,(H,25,26). The molecule has 0 unspecified atom stereocenters. The Morgan fingerprint density at radius 1 is 0.857 bits per heavy atom. The van der Waals surface area contributed by atoms with Gasteiger partial charge < -0.3 is 10.1 Å². The van der Waals surface area contributed by atoms with Crippen molar-refractivity contribution in [3.8, 4) is 5.75 Å². The number of ether oxygens (including phenoxy) is 1. The van der Waals surface area contributed by atoms with Crippen LogP contribution in [0.25, 0.3) is 0 Å². The molecule has 28 heavy (non-hydrogen) atoms. The van der Waals surface area contributed by atoms with E-state index in [2.05, 4.69) is 5.32 Å². The number of carbonyl (C=O) groups is 1. The van der Waals surface area contributed by atoms with Crippen molar-refractivity contribution in [2.24, 2.45) is 0 Å². The first-order chi connectivity index (χ1) is 13.6. The molecule has 0 saturated carbocycles. The van der Waals surface area contributed by atoms with Crippen LogP contribution in [-0.2, 0) is 5.75 Å². The van der Waals surface area contributed by atoms with Crippen LogP contribution in [0, 0.1) is 0 Å². The third-order valence-corrected chi connectivity index (χ3v) is 5.49. The average Bonchev–Trinajstić information content (AvgIpc) is 2.72. The van der Waals surface area contributed by atoms with Crippen LogP contribution in [0.1, 0.15) is 15.9 Å². The fourth-order valence-corrected chi connectivity index (χ4v) is 3.52. The number of carbonyl (C=O) groups excluding carboxylic acids is 1. The SMILES string of the molecule is O=C(NCCOc1ccc(Cl)cc1)c1ccc(CSc2ccc(Cl)cc2)cc1. The zero-order valence-corrected chi connectivity index (χ0v) is 17.4. The van der Waals surface area contributed by atoms with E-state index in [1.54, 1.807) is 36.0 Å². The van der Waals surface area contributed by atoms with Gasteiger partial charge in [0, 0.05) is 26.3 Å². The number of rotatable bonds is 8. The van der Waals surface area contributed by atoms with Gasteiger partial charge in [0.25, 0.3) is 5.91 Å². The molecule has 0 aliphatic heterocycles. The van der Waals surface area contributed by atoms with E-state index in [4.69, 9.17) is 27.9 Å². The van der Waals surface area contributed by atoms with Crippen molar-refractivity contribution in [2.75, 3.05) is 13.2 Å². The van der Waals surface area contributed by atoms with E-state index in [-0.39, 0.29) is 5.91 Å². The van der Waals surface area contributed by atoms with E-state index in [1.807, 2.05) is 48.5 Å². The summed E-state index contributed by atoms with van der Waals surface area (Å²) in [5.41, 5.74) is 1.79. The lowest BCUT2D eigenvalue weighted by Crippen LogP contribution is -2.28. The summed E-state index contributed by atoms with van der Waals surface area (Å²) < 4.78 is 5.56. The number of nitrogens with one attached hydrogen (secondary N) is 1. The average molecular weight is 432 g/mol. The van der Waals surface area contributed by atoms with Crippen LogP contribution in [0.15, 0.2) is 77.7 Å². The third-order valence-electron chi connectivity index (χ3n) is 3.91. The Labute approximate surface area is 179 Å². The van der Waals surface area contributed by atoms with E-state index >= 15 is 0 Å². The lowest BCUT2D eigenvalue weighted by atomic mass is 10.1. The highest BCUT2D eigenvalue weighted by Crippen LogP contribution is 2.24. The summed E-state index contributed by atoms with van der Waals surface area (Å²) in [6, 6.07) is 22.5. The van der Waals surface area contributed by atoms with Gasteiger partial charge in [-0.25, -0.2) is 0 Å². The number of hydrogen-bond acceptors (Lipinski definition) is 3. The Kier molecular flexibility index (Phi) is 7.66. The maximum Gasteiger partial charge on any atom is 0.251 e. The smallest absolute Gasteiger partial charge is 0.251 e.